The van der Waals surface area contributed by atoms with Crippen molar-refractivity contribution in [2.24, 2.45) is 0 Å². The summed E-state index contributed by atoms with van der Waals surface area (Å²) in [6.45, 7) is 4.25. The summed E-state index contributed by atoms with van der Waals surface area (Å²) in [6, 6.07) is 17.2. The number of aliphatic hydroxyl groups is 1. The molecule has 5 nitrogen and oxygen atoms in total. The third kappa shape index (κ3) is 4.77. The summed E-state index contributed by atoms with van der Waals surface area (Å²) in [6.07, 6.45) is 1.74. The number of aldehydes is 1. The van der Waals surface area contributed by atoms with Gasteiger partial charge in [0, 0.05) is 30.7 Å². The van der Waals surface area contributed by atoms with Gasteiger partial charge in [0.25, 0.3) is 5.91 Å². The van der Waals surface area contributed by atoms with E-state index in [4.69, 9.17) is 9.52 Å². The first-order valence-corrected chi connectivity index (χ1v) is 11.1. The highest BCUT2D eigenvalue weighted by atomic mass is 19.1. The van der Waals surface area contributed by atoms with Crippen molar-refractivity contribution in [2.45, 2.75) is 26.2 Å². The maximum Gasteiger partial charge on any atom is 0.255 e. The second kappa shape index (κ2) is 10.9. The summed E-state index contributed by atoms with van der Waals surface area (Å²) in [5.41, 5.74) is 5.13. The van der Waals surface area contributed by atoms with E-state index < -0.39 is 0 Å². The third-order valence-electron chi connectivity index (χ3n) is 5.90. The first-order chi connectivity index (χ1) is 16.5. The van der Waals surface area contributed by atoms with E-state index >= 15 is 0 Å². The minimum atomic E-state index is -0.359. The molecule has 0 radical (unpaired) electrons. The average molecular weight is 462 g/mol. The molecule has 1 amide bonds. The standard InChI is InChI=1S/C27H24FNO3.CH4O/c1-4-16(2)21-14-24-23(13-22(21)19-7-5-6-17(12-19)15-30)25(27(31)29-3)26(32-24)18-8-10-20(28)11-9-18;1-2/h5-16H,4H2,1-3H3,(H,29,31);2H,1H3. The van der Waals surface area contributed by atoms with Crippen LogP contribution in [-0.2, 0) is 0 Å². The molecule has 0 saturated heterocycles. The second-order valence-electron chi connectivity index (χ2n) is 7.88. The molecule has 0 aliphatic heterocycles. The summed E-state index contributed by atoms with van der Waals surface area (Å²) in [5.74, 6) is -0.0138. The molecule has 4 rings (SSSR count). The van der Waals surface area contributed by atoms with Gasteiger partial charge >= 0.3 is 0 Å². The smallest absolute Gasteiger partial charge is 0.255 e. The maximum absolute atomic E-state index is 13.5. The van der Waals surface area contributed by atoms with Crippen molar-refractivity contribution >= 4 is 23.2 Å². The summed E-state index contributed by atoms with van der Waals surface area (Å²) >= 11 is 0. The van der Waals surface area contributed by atoms with E-state index in [0.29, 0.717) is 33.4 Å². The number of benzene rings is 3. The van der Waals surface area contributed by atoms with Gasteiger partial charge < -0.3 is 14.8 Å². The van der Waals surface area contributed by atoms with Crippen LogP contribution < -0.4 is 5.32 Å². The van der Waals surface area contributed by atoms with Crippen LogP contribution in [0.15, 0.2) is 65.1 Å². The summed E-state index contributed by atoms with van der Waals surface area (Å²) in [4.78, 5) is 24.2. The topological polar surface area (TPSA) is 79.5 Å². The lowest BCUT2D eigenvalue weighted by molar-refractivity contribution is 0.0964. The second-order valence-corrected chi connectivity index (χ2v) is 7.88. The number of fused-ring (bicyclic) bond motifs is 1. The lowest BCUT2D eigenvalue weighted by atomic mass is 9.88. The fourth-order valence-electron chi connectivity index (χ4n) is 3.97. The summed E-state index contributed by atoms with van der Waals surface area (Å²) < 4.78 is 19.7. The van der Waals surface area contributed by atoms with E-state index in [2.05, 4.69) is 19.2 Å². The Hall–Kier alpha value is -3.77. The number of carbonyl (C=O) groups is 2. The molecule has 4 aromatic rings. The van der Waals surface area contributed by atoms with E-state index in [-0.39, 0.29) is 17.6 Å². The van der Waals surface area contributed by atoms with Gasteiger partial charge in [-0.15, -0.1) is 0 Å². The van der Waals surface area contributed by atoms with E-state index in [1.54, 1.807) is 25.2 Å². The first kappa shape index (κ1) is 24.9. The first-order valence-electron chi connectivity index (χ1n) is 11.1. The van der Waals surface area contributed by atoms with Gasteiger partial charge in [-0.3, -0.25) is 9.59 Å². The molecule has 34 heavy (non-hydrogen) atoms. The molecule has 1 unspecified atom stereocenters. The Morgan fingerprint density at radius 3 is 2.41 bits per heavy atom. The minimum Gasteiger partial charge on any atom is -0.455 e. The van der Waals surface area contributed by atoms with Crippen LogP contribution in [0.25, 0.3) is 33.4 Å². The molecule has 0 bridgehead atoms. The number of rotatable bonds is 6. The predicted molar refractivity (Wildman–Crippen MR) is 133 cm³/mol. The summed E-state index contributed by atoms with van der Waals surface area (Å²) in [7, 11) is 2.57. The zero-order valence-corrected chi connectivity index (χ0v) is 19.7. The number of hydrogen-bond donors (Lipinski definition) is 2. The molecule has 0 aliphatic carbocycles. The maximum atomic E-state index is 13.5. The average Bonchev–Trinajstić information content (AvgIpc) is 3.27. The number of amides is 1. The van der Waals surface area contributed by atoms with Crippen molar-refractivity contribution in [2.75, 3.05) is 14.2 Å². The van der Waals surface area contributed by atoms with Crippen LogP contribution in [0.1, 0.15) is 52.5 Å². The summed E-state index contributed by atoms with van der Waals surface area (Å²) in [5, 5.41) is 10.4. The largest absolute Gasteiger partial charge is 0.455 e. The number of furan rings is 1. The van der Waals surface area contributed by atoms with Crippen LogP contribution in [0.3, 0.4) is 0 Å². The number of halogens is 1. The van der Waals surface area contributed by atoms with Crippen LogP contribution in [-0.4, -0.2) is 31.5 Å². The molecule has 6 heteroatoms. The van der Waals surface area contributed by atoms with Gasteiger partial charge in [0.1, 0.15) is 23.4 Å². The molecule has 0 spiro atoms. The Morgan fingerprint density at radius 1 is 1.09 bits per heavy atom. The molecule has 1 heterocycles. The van der Waals surface area contributed by atoms with Gasteiger partial charge in [-0.2, -0.15) is 0 Å². The van der Waals surface area contributed by atoms with Crippen LogP contribution in [0.2, 0.25) is 0 Å². The molecule has 3 aromatic carbocycles. The monoisotopic (exact) mass is 461 g/mol. The van der Waals surface area contributed by atoms with Gasteiger partial charge in [-0.25, -0.2) is 4.39 Å². The normalized spacial score (nSPS) is 11.5. The molecule has 1 aromatic heterocycles. The zero-order valence-electron chi connectivity index (χ0n) is 19.7. The van der Waals surface area contributed by atoms with Crippen molar-refractivity contribution in [1.82, 2.24) is 5.32 Å². The third-order valence-corrected chi connectivity index (χ3v) is 5.90. The van der Waals surface area contributed by atoms with E-state index in [9.17, 15) is 14.0 Å². The van der Waals surface area contributed by atoms with Crippen LogP contribution >= 0.6 is 0 Å². The molecule has 2 N–H and O–H groups in total. The Bertz CT molecular complexity index is 1310. The molecule has 1 atom stereocenters. The van der Waals surface area contributed by atoms with E-state index in [0.717, 1.165) is 36.5 Å². The molecular formula is C28H28FNO4. The number of carbonyl (C=O) groups excluding carboxylic acids is 2. The SMILES string of the molecule is CCC(C)c1cc2oc(-c3ccc(F)cc3)c(C(=O)NC)c2cc1-c1cccc(C=O)c1.CO. The minimum absolute atomic E-state index is 0.233. The van der Waals surface area contributed by atoms with Crippen molar-refractivity contribution in [3.63, 3.8) is 0 Å². The number of aliphatic hydroxyl groups excluding tert-OH is 1. The fourth-order valence-corrected chi connectivity index (χ4v) is 3.97. The van der Waals surface area contributed by atoms with Gasteiger partial charge in [0.05, 0.1) is 5.56 Å². The van der Waals surface area contributed by atoms with Crippen LogP contribution in [0.4, 0.5) is 4.39 Å². The fraction of sp³-hybridized carbons (Fsp3) is 0.214. The number of nitrogens with one attached hydrogen (secondary N) is 1. The van der Waals surface area contributed by atoms with Gasteiger partial charge in [-0.1, -0.05) is 32.0 Å². The van der Waals surface area contributed by atoms with Gasteiger partial charge in [0.15, 0.2) is 0 Å². The predicted octanol–water partition coefficient (Wildman–Crippen LogP) is 6.20. The van der Waals surface area contributed by atoms with Crippen LogP contribution in [0.5, 0.6) is 0 Å². The Labute approximate surface area is 198 Å². The van der Waals surface area contributed by atoms with E-state index in [1.165, 1.54) is 12.1 Å². The lowest BCUT2D eigenvalue weighted by Crippen LogP contribution is -2.18. The van der Waals surface area contributed by atoms with Crippen molar-refractivity contribution in [1.29, 1.82) is 0 Å². The van der Waals surface area contributed by atoms with Crippen molar-refractivity contribution < 1.29 is 23.5 Å². The van der Waals surface area contributed by atoms with Gasteiger partial charge in [0.2, 0.25) is 0 Å². The molecule has 0 fully saturated rings. The highest BCUT2D eigenvalue weighted by Gasteiger charge is 2.24. The van der Waals surface area contributed by atoms with Gasteiger partial charge in [-0.05, 0) is 71.5 Å². The Morgan fingerprint density at radius 2 is 1.79 bits per heavy atom. The van der Waals surface area contributed by atoms with Crippen molar-refractivity contribution in [3.05, 3.63) is 83.2 Å². The lowest BCUT2D eigenvalue weighted by Gasteiger charge is -2.16. The Kier molecular flexibility index (Phi) is 7.97. The number of hydrogen-bond acceptors (Lipinski definition) is 4. The molecule has 0 saturated carbocycles. The van der Waals surface area contributed by atoms with E-state index in [1.807, 2.05) is 30.3 Å². The molecular weight excluding hydrogens is 433 g/mol. The Balaban J connectivity index is 0.00000158. The molecule has 176 valence electrons. The molecule has 0 aliphatic rings. The highest BCUT2D eigenvalue weighted by molar-refractivity contribution is 6.12. The van der Waals surface area contributed by atoms with Crippen molar-refractivity contribution in [3.8, 4) is 22.5 Å². The zero-order chi connectivity index (χ0) is 24.8. The highest BCUT2D eigenvalue weighted by Crippen LogP contribution is 2.40. The quantitative estimate of drug-likeness (QED) is 0.335. The van der Waals surface area contributed by atoms with Crippen LogP contribution in [0, 0.1) is 5.82 Å².